The number of benzene rings is 4. The summed E-state index contributed by atoms with van der Waals surface area (Å²) in [4.78, 5) is 44.7. The monoisotopic (exact) mass is 1000 g/mol. The predicted octanol–water partition coefficient (Wildman–Crippen LogP) is 11.3. The molecular weight excluding hydrogens is 933 g/mol. The summed E-state index contributed by atoms with van der Waals surface area (Å²) in [6.07, 6.45) is 12.8. The molecule has 0 amide bonds. The minimum absolute atomic E-state index is 0.0206. The number of hydrogen-bond donors (Lipinski definition) is 3. The Kier molecular flexibility index (Phi) is 15.5. The van der Waals surface area contributed by atoms with Crippen LogP contribution in [0.5, 0.6) is 5.75 Å². The van der Waals surface area contributed by atoms with E-state index < -0.39 is 47.9 Å². The molecule has 3 aliphatic heterocycles. The average molecular weight is 1010 g/mol. The number of allylic oxidation sites excluding steroid dienone is 2. The molecule has 7 unspecified atom stereocenters. The minimum Gasteiger partial charge on any atom is -0.483 e. The van der Waals surface area contributed by atoms with Gasteiger partial charge in [0.25, 0.3) is 0 Å². The van der Waals surface area contributed by atoms with E-state index >= 15 is 4.79 Å². The zero-order chi connectivity index (χ0) is 51.6. The van der Waals surface area contributed by atoms with E-state index in [2.05, 4.69) is 91.0 Å². The normalized spacial score (nSPS) is 26.3. The Balaban J connectivity index is 1.11. The van der Waals surface area contributed by atoms with E-state index in [4.69, 9.17) is 23.4 Å². The number of carbonyl (C=O) groups excluding carboxylic acids is 2. The van der Waals surface area contributed by atoms with Gasteiger partial charge in [0.15, 0.2) is 12.2 Å². The second-order valence-electron chi connectivity index (χ2n) is 22.0. The van der Waals surface area contributed by atoms with Gasteiger partial charge in [0.1, 0.15) is 16.9 Å². The first-order valence-electron chi connectivity index (χ1n) is 27.1. The predicted molar refractivity (Wildman–Crippen MR) is 283 cm³/mol. The first-order chi connectivity index (χ1) is 36.0. The van der Waals surface area contributed by atoms with Gasteiger partial charge in [0.05, 0.1) is 25.4 Å². The summed E-state index contributed by atoms with van der Waals surface area (Å²) >= 11 is 0. The summed E-state index contributed by atoms with van der Waals surface area (Å²) in [5, 5.41) is 32.0. The number of esters is 2. The van der Waals surface area contributed by atoms with Crippen molar-refractivity contribution in [2.45, 2.75) is 151 Å². The lowest BCUT2D eigenvalue weighted by Crippen LogP contribution is -2.58. The molecule has 4 heterocycles. The lowest BCUT2D eigenvalue weighted by molar-refractivity contribution is -0.201. The molecule has 2 bridgehead atoms. The largest absolute Gasteiger partial charge is 0.483 e. The van der Waals surface area contributed by atoms with Crippen LogP contribution < -0.4 is 10.4 Å². The molecule has 5 aromatic rings. The fourth-order valence-electron chi connectivity index (χ4n) is 13.7. The first-order valence-corrected chi connectivity index (χ1v) is 27.1. The Labute approximate surface area is 434 Å². The molecule has 1 aromatic heterocycles. The number of methoxy groups -OCH3 is 1. The van der Waals surface area contributed by atoms with Crippen molar-refractivity contribution < 1.29 is 48.3 Å². The lowest BCUT2D eigenvalue weighted by atomic mass is 9.70. The number of ether oxygens (including phenoxy) is 4. The maximum absolute atomic E-state index is 15.4. The summed E-state index contributed by atoms with van der Waals surface area (Å²) in [5.41, 5.74) is 5.54. The molecule has 11 heteroatoms. The van der Waals surface area contributed by atoms with Crippen LogP contribution in [0.25, 0.3) is 11.0 Å². The van der Waals surface area contributed by atoms with Crippen molar-refractivity contribution >= 4 is 22.9 Å². The molecule has 74 heavy (non-hydrogen) atoms. The highest BCUT2D eigenvalue weighted by molar-refractivity contribution is 5.90. The summed E-state index contributed by atoms with van der Waals surface area (Å²) in [6.45, 7) is 2.64. The van der Waals surface area contributed by atoms with Gasteiger partial charge in [-0.2, -0.15) is 0 Å². The van der Waals surface area contributed by atoms with E-state index in [1.807, 2.05) is 6.92 Å². The average Bonchev–Trinajstić information content (AvgIpc) is 3.94. The number of fused-ring (bicyclic) bond motifs is 11. The second kappa shape index (κ2) is 22.2. The van der Waals surface area contributed by atoms with E-state index in [1.54, 1.807) is 19.1 Å². The summed E-state index contributed by atoms with van der Waals surface area (Å²) in [7, 11) is 1.51. The molecule has 3 aliphatic carbocycles. The second-order valence-corrected chi connectivity index (χ2v) is 22.0. The van der Waals surface area contributed by atoms with Crippen LogP contribution in [0.4, 0.5) is 0 Å². The molecule has 0 saturated heterocycles. The van der Waals surface area contributed by atoms with Crippen LogP contribution in [0, 0.1) is 11.8 Å². The van der Waals surface area contributed by atoms with Crippen LogP contribution in [-0.4, -0.2) is 65.9 Å². The molecule has 2 fully saturated rings. The molecule has 3 N–H and O–H groups in total. The highest BCUT2D eigenvalue weighted by Gasteiger charge is 2.57. The Morgan fingerprint density at radius 1 is 0.811 bits per heavy atom. The Hall–Kier alpha value is -5.85. The SMILES string of the molecule is COCC(CCO)c1c(CO)c2ccc3c(c2oc1=O)C1OC(=O)CC2CC(c4cccc(C5(c6ccccc6)CCCC5)c4)C=CC2c2ccc(cc2)CCC(=C(C)CO)C(=O)OC1C(C)(C1CCCCC1)O3. The van der Waals surface area contributed by atoms with Crippen molar-refractivity contribution in [2.24, 2.45) is 11.8 Å². The first kappa shape index (κ1) is 51.6. The highest BCUT2D eigenvalue weighted by Crippen LogP contribution is 2.53. The molecule has 390 valence electrons. The minimum atomic E-state index is -1.31. The smallest absolute Gasteiger partial charge is 0.340 e. The molecule has 4 aromatic carbocycles. The highest BCUT2D eigenvalue weighted by atomic mass is 16.6. The molecule has 6 aliphatic rings. The van der Waals surface area contributed by atoms with Gasteiger partial charge in [-0.05, 0) is 122 Å². The zero-order valence-corrected chi connectivity index (χ0v) is 43.2. The Bertz CT molecular complexity index is 2930. The van der Waals surface area contributed by atoms with Gasteiger partial charge in [0.2, 0.25) is 0 Å². The molecule has 11 rings (SSSR count). The maximum atomic E-state index is 15.4. The summed E-state index contributed by atoms with van der Waals surface area (Å²) in [5.74, 6) is -1.82. The number of carbonyl (C=O) groups is 2. The summed E-state index contributed by atoms with van der Waals surface area (Å²) in [6, 6.07) is 31.9. The van der Waals surface area contributed by atoms with Gasteiger partial charge in [-0.1, -0.05) is 123 Å². The topological polar surface area (TPSA) is 162 Å². The summed E-state index contributed by atoms with van der Waals surface area (Å²) < 4.78 is 32.7. The van der Waals surface area contributed by atoms with Gasteiger partial charge in [-0.25, -0.2) is 9.59 Å². The fraction of sp³-hybridized carbons (Fsp3) is 0.476. The van der Waals surface area contributed by atoms with Crippen molar-refractivity contribution in [2.75, 3.05) is 26.9 Å². The zero-order valence-electron chi connectivity index (χ0n) is 43.2. The van der Waals surface area contributed by atoms with Crippen molar-refractivity contribution in [3.63, 3.8) is 0 Å². The van der Waals surface area contributed by atoms with Gasteiger partial charge < -0.3 is 38.7 Å². The third-order valence-corrected chi connectivity index (χ3v) is 17.7. The van der Waals surface area contributed by atoms with E-state index in [0.717, 1.165) is 56.1 Å². The van der Waals surface area contributed by atoms with Crippen LogP contribution in [0.1, 0.15) is 166 Å². The third kappa shape index (κ3) is 9.81. The number of hydrogen-bond acceptors (Lipinski definition) is 11. The quantitative estimate of drug-likeness (QED) is 0.0500. The lowest BCUT2D eigenvalue weighted by Gasteiger charge is -2.50. The van der Waals surface area contributed by atoms with Crippen molar-refractivity contribution in [3.05, 3.63) is 169 Å². The van der Waals surface area contributed by atoms with Crippen LogP contribution in [0.3, 0.4) is 0 Å². The number of aliphatic hydroxyl groups is 3. The fourth-order valence-corrected chi connectivity index (χ4v) is 13.7. The van der Waals surface area contributed by atoms with Crippen LogP contribution in [0.2, 0.25) is 0 Å². The van der Waals surface area contributed by atoms with Gasteiger partial charge in [0, 0.05) is 65.7 Å². The van der Waals surface area contributed by atoms with Gasteiger partial charge in [-0.3, -0.25) is 4.79 Å². The van der Waals surface area contributed by atoms with Crippen molar-refractivity contribution in [1.29, 1.82) is 0 Å². The van der Waals surface area contributed by atoms with Gasteiger partial charge in [-0.15, -0.1) is 0 Å². The maximum Gasteiger partial charge on any atom is 0.340 e. The standard InChI is InChI=1S/C63H72O11/c1-39(36-65)49-25-21-40-19-22-41(23-20-40)50-26-24-43(42-13-12-18-48(34-42)63(30-10-11-31-63)47-16-8-5-9-17-47)33-45(50)35-54(67)71-58-56-53(74-62(2,59(58)73-60(49)68)46-14-6-4-7-15-46)28-27-51-52(37-66)55(61(69)72-57(51)56)44(29-32-64)38-70-3/h5,8-9,12-13,16-20,22-24,26-28,34,43-46,50,58-59,64-66H,4,6-7,10-11,14-15,21,25,29-33,35-38H2,1-3H3. The molecule has 2 saturated carbocycles. The molecule has 0 radical (unpaired) electrons. The van der Waals surface area contributed by atoms with E-state index in [0.29, 0.717) is 40.7 Å². The molecule has 0 spiro atoms. The van der Waals surface area contributed by atoms with Crippen LogP contribution in [-0.2, 0) is 42.2 Å². The van der Waals surface area contributed by atoms with E-state index in [9.17, 15) is 24.9 Å². The third-order valence-electron chi connectivity index (χ3n) is 17.7. The molecule has 7 atom stereocenters. The number of aryl methyl sites for hydroxylation is 1. The van der Waals surface area contributed by atoms with Crippen molar-refractivity contribution in [1.82, 2.24) is 0 Å². The van der Waals surface area contributed by atoms with Crippen LogP contribution in [0.15, 0.2) is 124 Å². The molecule has 11 nitrogen and oxygen atoms in total. The van der Waals surface area contributed by atoms with E-state index in [-0.39, 0.29) is 84.9 Å². The Morgan fingerprint density at radius 3 is 2.28 bits per heavy atom. The van der Waals surface area contributed by atoms with E-state index in [1.165, 1.54) is 36.6 Å². The van der Waals surface area contributed by atoms with Crippen LogP contribution >= 0.6 is 0 Å². The number of rotatable bonds is 11. The molecular formula is C63H72O11. The number of aliphatic hydroxyl groups excluding tert-OH is 3. The Morgan fingerprint density at radius 2 is 1.57 bits per heavy atom. The van der Waals surface area contributed by atoms with Gasteiger partial charge >= 0.3 is 17.6 Å². The van der Waals surface area contributed by atoms with Crippen molar-refractivity contribution in [3.8, 4) is 5.75 Å².